The van der Waals surface area contributed by atoms with Gasteiger partial charge in [0.1, 0.15) is 11.6 Å². The van der Waals surface area contributed by atoms with E-state index < -0.39 is 17.0 Å². The second-order valence-corrected chi connectivity index (χ2v) is 4.32. The van der Waals surface area contributed by atoms with Crippen molar-refractivity contribution in [3.8, 4) is 6.07 Å². The average Bonchev–Trinajstić information content (AvgIpc) is 2.32. The fourth-order valence-corrected chi connectivity index (χ4v) is 2.28. The third-order valence-corrected chi connectivity index (χ3v) is 3.01. The van der Waals surface area contributed by atoms with Crippen molar-refractivity contribution < 1.29 is 8.78 Å². The van der Waals surface area contributed by atoms with Gasteiger partial charge in [-0.1, -0.05) is 26.7 Å². The molecule has 0 aliphatic carbocycles. The lowest BCUT2D eigenvalue weighted by atomic mass is 9.74. The van der Waals surface area contributed by atoms with Gasteiger partial charge in [-0.3, -0.25) is 0 Å². The van der Waals surface area contributed by atoms with E-state index in [-0.39, 0.29) is 5.56 Å². The Kier molecular flexibility index (Phi) is 4.62. The van der Waals surface area contributed by atoms with E-state index in [1.54, 1.807) is 0 Å². The second-order valence-electron chi connectivity index (χ2n) is 4.32. The number of nitrogens with zero attached hydrogens (tertiary/aromatic N) is 1. The number of halogens is 2. The number of benzene rings is 1. The smallest absolute Gasteiger partial charge is 0.128 e. The predicted molar refractivity (Wildman–Crippen MR) is 63.5 cm³/mol. The molecule has 0 saturated carbocycles. The van der Waals surface area contributed by atoms with Crippen LogP contribution in [0.2, 0.25) is 0 Å². The molecule has 0 heterocycles. The summed E-state index contributed by atoms with van der Waals surface area (Å²) in [6.07, 6.45) is 2.64. The summed E-state index contributed by atoms with van der Waals surface area (Å²) in [4.78, 5) is 0. The molecule has 0 atom stereocenters. The molecule has 0 radical (unpaired) electrons. The molecule has 1 rings (SSSR count). The van der Waals surface area contributed by atoms with Crippen LogP contribution < -0.4 is 0 Å². The van der Waals surface area contributed by atoms with Gasteiger partial charge in [0.15, 0.2) is 0 Å². The van der Waals surface area contributed by atoms with E-state index in [2.05, 4.69) is 6.07 Å². The number of hydrogen-bond donors (Lipinski definition) is 0. The normalized spacial score (nSPS) is 11.2. The number of nitriles is 1. The van der Waals surface area contributed by atoms with Gasteiger partial charge in [-0.25, -0.2) is 8.78 Å². The van der Waals surface area contributed by atoms with Crippen LogP contribution in [0.4, 0.5) is 8.78 Å². The first kappa shape index (κ1) is 13.6. The summed E-state index contributed by atoms with van der Waals surface area (Å²) in [7, 11) is 0. The van der Waals surface area contributed by atoms with E-state index in [0.29, 0.717) is 12.8 Å². The molecule has 0 fully saturated rings. The molecule has 1 nitrogen and oxygen atoms in total. The molecule has 0 amide bonds. The molecular formula is C14H17F2N. The largest absolute Gasteiger partial charge is 0.207 e. The summed E-state index contributed by atoms with van der Waals surface area (Å²) >= 11 is 0. The first-order valence-corrected chi connectivity index (χ1v) is 5.96. The van der Waals surface area contributed by atoms with Crippen LogP contribution in [-0.2, 0) is 5.41 Å². The zero-order valence-electron chi connectivity index (χ0n) is 10.3. The lowest BCUT2D eigenvalue weighted by Crippen LogP contribution is -2.25. The molecule has 0 aliphatic rings. The highest BCUT2D eigenvalue weighted by atomic mass is 19.1. The van der Waals surface area contributed by atoms with Crippen LogP contribution in [0.3, 0.4) is 0 Å². The van der Waals surface area contributed by atoms with Crippen molar-refractivity contribution in [2.45, 2.75) is 44.9 Å². The molecule has 17 heavy (non-hydrogen) atoms. The highest BCUT2D eigenvalue weighted by Gasteiger charge is 2.33. The molecule has 0 spiro atoms. The minimum Gasteiger partial charge on any atom is -0.207 e. The molecule has 0 saturated heterocycles. The number of hydrogen-bond acceptors (Lipinski definition) is 1. The highest BCUT2D eigenvalue weighted by Crippen LogP contribution is 2.35. The van der Waals surface area contributed by atoms with Crippen LogP contribution in [0.1, 0.15) is 45.1 Å². The summed E-state index contributed by atoms with van der Waals surface area (Å²) in [5.74, 6) is -0.983. The predicted octanol–water partition coefficient (Wildman–Crippen LogP) is 4.33. The van der Waals surface area contributed by atoms with Crippen LogP contribution in [0.5, 0.6) is 0 Å². The van der Waals surface area contributed by atoms with E-state index in [1.165, 1.54) is 0 Å². The molecular weight excluding hydrogens is 220 g/mol. The molecule has 0 unspecified atom stereocenters. The zero-order chi connectivity index (χ0) is 12.9. The van der Waals surface area contributed by atoms with E-state index in [4.69, 9.17) is 0 Å². The van der Waals surface area contributed by atoms with Crippen LogP contribution in [-0.4, -0.2) is 0 Å². The van der Waals surface area contributed by atoms with Crippen LogP contribution >= 0.6 is 0 Å². The zero-order valence-corrected chi connectivity index (χ0v) is 10.3. The Morgan fingerprint density at radius 3 is 2.24 bits per heavy atom. The van der Waals surface area contributed by atoms with Gasteiger partial charge in [0.05, 0.1) is 11.5 Å². The summed E-state index contributed by atoms with van der Waals surface area (Å²) in [5.41, 5.74) is -0.695. The van der Waals surface area contributed by atoms with Gasteiger partial charge in [0.25, 0.3) is 0 Å². The summed E-state index contributed by atoms with van der Waals surface area (Å²) < 4.78 is 27.0. The van der Waals surface area contributed by atoms with Crippen LogP contribution in [0, 0.1) is 23.0 Å². The van der Waals surface area contributed by atoms with Crippen molar-refractivity contribution in [1.29, 1.82) is 5.26 Å². The van der Waals surface area contributed by atoms with Gasteiger partial charge in [0.2, 0.25) is 0 Å². The summed E-state index contributed by atoms with van der Waals surface area (Å²) in [6.45, 7) is 3.89. The fourth-order valence-electron chi connectivity index (χ4n) is 2.28. The average molecular weight is 237 g/mol. The van der Waals surface area contributed by atoms with Gasteiger partial charge in [-0.15, -0.1) is 0 Å². The lowest BCUT2D eigenvalue weighted by molar-refractivity contribution is 0.427. The van der Waals surface area contributed by atoms with Crippen molar-refractivity contribution >= 4 is 0 Å². The minimum atomic E-state index is -0.893. The van der Waals surface area contributed by atoms with Crippen LogP contribution in [0.25, 0.3) is 0 Å². The van der Waals surface area contributed by atoms with Gasteiger partial charge in [-0.2, -0.15) is 5.26 Å². The van der Waals surface area contributed by atoms with Crippen molar-refractivity contribution in [1.82, 2.24) is 0 Å². The van der Waals surface area contributed by atoms with E-state index in [0.717, 1.165) is 31.0 Å². The van der Waals surface area contributed by atoms with E-state index >= 15 is 0 Å². The maximum Gasteiger partial charge on any atom is 0.128 e. The van der Waals surface area contributed by atoms with Gasteiger partial charge < -0.3 is 0 Å². The third-order valence-electron chi connectivity index (χ3n) is 3.01. The Bertz CT molecular complexity index is 415. The van der Waals surface area contributed by atoms with Crippen molar-refractivity contribution in [3.63, 3.8) is 0 Å². The second kappa shape index (κ2) is 5.77. The molecule has 0 aliphatic heterocycles. The summed E-state index contributed by atoms with van der Waals surface area (Å²) in [6, 6.07) is 5.53. The monoisotopic (exact) mass is 237 g/mol. The van der Waals surface area contributed by atoms with Crippen molar-refractivity contribution in [2.75, 3.05) is 0 Å². The Morgan fingerprint density at radius 1 is 1.18 bits per heavy atom. The van der Waals surface area contributed by atoms with E-state index in [9.17, 15) is 14.0 Å². The Hall–Kier alpha value is -1.43. The molecule has 0 bridgehead atoms. The molecule has 0 N–H and O–H groups in total. The van der Waals surface area contributed by atoms with Gasteiger partial charge in [0, 0.05) is 5.56 Å². The highest BCUT2D eigenvalue weighted by molar-refractivity contribution is 5.34. The maximum absolute atomic E-state index is 13.8. The first-order valence-electron chi connectivity index (χ1n) is 5.96. The molecule has 3 heteroatoms. The fraction of sp³-hybridized carbons (Fsp3) is 0.500. The number of rotatable bonds is 5. The van der Waals surface area contributed by atoms with Gasteiger partial charge in [-0.05, 0) is 31.0 Å². The van der Waals surface area contributed by atoms with Gasteiger partial charge >= 0.3 is 0 Å². The topological polar surface area (TPSA) is 23.8 Å². The standard InChI is InChI=1S/C14H17F2N/c1-3-7-14(10-17,8-4-2)12-9-11(15)5-6-13(12)16/h5-6,9H,3-4,7-8H2,1-2H3. The summed E-state index contributed by atoms with van der Waals surface area (Å²) in [5, 5.41) is 9.37. The first-order chi connectivity index (χ1) is 8.09. The van der Waals surface area contributed by atoms with Crippen LogP contribution in [0.15, 0.2) is 18.2 Å². The maximum atomic E-state index is 13.8. The van der Waals surface area contributed by atoms with E-state index in [1.807, 2.05) is 13.8 Å². The molecule has 92 valence electrons. The molecule has 1 aromatic carbocycles. The SMILES string of the molecule is CCCC(C#N)(CCC)c1cc(F)ccc1F. The minimum absolute atomic E-state index is 0.198. The Morgan fingerprint density at radius 2 is 1.76 bits per heavy atom. The molecule has 0 aromatic heterocycles. The quantitative estimate of drug-likeness (QED) is 0.747. The third kappa shape index (κ3) is 2.82. The lowest BCUT2D eigenvalue weighted by Gasteiger charge is -2.26. The Labute approximate surface area is 101 Å². The van der Waals surface area contributed by atoms with Crippen molar-refractivity contribution in [2.24, 2.45) is 0 Å². The Balaban J connectivity index is 3.30. The van der Waals surface area contributed by atoms with Crippen molar-refractivity contribution in [3.05, 3.63) is 35.4 Å². The molecule has 1 aromatic rings.